The summed E-state index contributed by atoms with van der Waals surface area (Å²) in [6.45, 7) is 6.15. The van der Waals surface area contributed by atoms with Crippen LogP contribution in [0.4, 0.5) is 10.5 Å². The number of nitrogens with one attached hydrogen (secondary N) is 1. The van der Waals surface area contributed by atoms with Gasteiger partial charge >= 0.3 is 6.03 Å². The van der Waals surface area contributed by atoms with Crippen LogP contribution >= 0.6 is 11.6 Å². The van der Waals surface area contributed by atoms with Crippen LogP contribution in [0.2, 0.25) is 5.02 Å². The molecule has 0 aromatic heterocycles. The first kappa shape index (κ1) is 17.3. The summed E-state index contributed by atoms with van der Waals surface area (Å²) in [5.41, 5.74) is -0.251. The lowest BCUT2D eigenvalue weighted by Gasteiger charge is -2.51. The highest BCUT2D eigenvalue weighted by Crippen LogP contribution is 2.50. The van der Waals surface area contributed by atoms with Gasteiger partial charge in [-0.05, 0) is 51.3 Å². The fourth-order valence-electron chi connectivity index (χ4n) is 4.67. The predicted octanol–water partition coefficient (Wildman–Crippen LogP) is 2.73. The number of hydrogen-bond acceptors (Lipinski definition) is 4. The van der Waals surface area contributed by atoms with Gasteiger partial charge in [0.1, 0.15) is 0 Å². The second-order valence-electron chi connectivity index (χ2n) is 8.31. The molecule has 26 heavy (non-hydrogen) atoms. The molecule has 2 saturated heterocycles. The van der Waals surface area contributed by atoms with Crippen molar-refractivity contribution in [2.24, 2.45) is 5.41 Å². The molecule has 138 valence electrons. The molecule has 0 aliphatic carbocycles. The van der Waals surface area contributed by atoms with Gasteiger partial charge in [0.25, 0.3) is 0 Å². The van der Waals surface area contributed by atoms with Crippen LogP contribution in [-0.2, 0) is 16.0 Å². The lowest BCUT2D eigenvalue weighted by molar-refractivity contribution is -0.156. The van der Waals surface area contributed by atoms with E-state index in [0.29, 0.717) is 5.02 Å². The Bertz CT molecular complexity index is 832. The van der Waals surface area contributed by atoms with Crippen molar-refractivity contribution < 1.29 is 14.4 Å². The molecular formula is C19H22ClN3O3. The molecule has 2 atom stereocenters. The second-order valence-corrected chi connectivity index (χ2v) is 8.71. The number of urea groups is 1. The third-order valence-corrected chi connectivity index (χ3v) is 6.12. The average Bonchev–Trinajstić information content (AvgIpc) is 3.02. The predicted molar refractivity (Wildman–Crippen MR) is 98.1 cm³/mol. The van der Waals surface area contributed by atoms with Gasteiger partial charge in [-0.1, -0.05) is 17.7 Å². The number of amides is 4. The average molecular weight is 376 g/mol. The zero-order valence-corrected chi connectivity index (χ0v) is 15.9. The number of halogens is 1. The van der Waals surface area contributed by atoms with Crippen LogP contribution in [0.25, 0.3) is 0 Å². The van der Waals surface area contributed by atoms with Gasteiger partial charge in [-0.15, -0.1) is 0 Å². The lowest BCUT2D eigenvalue weighted by atomic mass is 9.68. The first-order valence-corrected chi connectivity index (χ1v) is 9.30. The molecule has 3 aliphatic rings. The van der Waals surface area contributed by atoms with Gasteiger partial charge in [-0.2, -0.15) is 0 Å². The van der Waals surface area contributed by atoms with Gasteiger partial charge < -0.3 is 4.90 Å². The Hall–Kier alpha value is -2.08. The van der Waals surface area contributed by atoms with E-state index in [-0.39, 0.29) is 12.5 Å². The standard InChI is InChI=1S/C19H22ClN3O3/c1-18(2,3)23-16(25)19(15(24)21-17(23)26)10-11-12(20)6-4-7-13(11)22-9-5-8-14(19)22/h4,6-7,14H,5,8-10H2,1-3H3,(H,21,24,26)/t14-,19+/m0/s1. The van der Waals surface area contributed by atoms with Gasteiger partial charge in [0.15, 0.2) is 5.41 Å². The van der Waals surface area contributed by atoms with Gasteiger partial charge in [-0.3, -0.25) is 19.8 Å². The largest absolute Gasteiger partial charge is 0.367 e. The maximum Gasteiger partial charge on any atom is 0.331 e. The highest BCUT2D eigenvalue weighted by Gasteiger charge is 2.64. The number of carbonyl (C=O) groups is 3. The fraction of sp³-hybridized carbons (Fsp3) is 0.526. The SMILES string of the molecule is CC(C)(C)N1C(=O)NC(=O)[C@]2(Cc3c(Cl)cccc3N3CCC[C@H]32)C1=O. The van der Waals surface area contributed by atoms with Crippen molar-refractivity contribution in [1.82, 2.24) is 10.2 Å². The lowest BCUT2D eigenvalue weighted by Crippen LogP contribution is -2.73. The molecule has 1 aromatic rings. The highest BCUT2D eigenvalue weighted by atomic mass is 35.5. The van der Waals surface area contributed by atoms with Crippen molar-refractivity contribution in [1.29, 1.82) is 0 Å². The zero-order chi connectivity index (χ0) is 18.9. The van der Waals surface area contributed by atoms with Crippen LogP contribution in [0.1, 0.15) is 39.2 Å². The van der Waals surface area contributed by atoms with E-state index >= 15 is 0 Å². The van der Waals surface area contributed by atoms with Crippen LogP contribution in [0.3, 0.4) is 0 Å². The van der Waals surface area contributed by atoms with Gasteiger partial charge in [-0.25, -0.2) is 4.79 Å². The molecule has 4 amide bonds. The normalized spacial score (nSPS) is 28.3. The molecule has 0 radical (unpaired) electrons. The van der Waals surface area contributed by atoms with E-state index in [9.17, 15) is 14.4 Å². The van der Waals surface area contributed by atoms with E-state index in [2.05, 4.69) is 10.2 Å². The maximum absolute atomic E-state index is 13.6. The van der Waals surface area contributed by atoms with Crippen molar-refractivity contribution in [3.05, 3.63) is 28.8 Å². The van der Waals surface area contributed by atoms with Crippen molar-refractivity contribution in [3.63, 3.8) is 0 Å². The van der Waals surface area contributed by atoms with E-state index < -0.39 is 28.8 Å². The van der Waals surface area contributed by atoms with Crippen LogP contribution in [0.15, 0.2) is 18.2 Å². The van der Waals surface area contributed by atoms with Crippen LogP contribution < -0.4 is 10.2 Å². The zero-order valence-electron chi connectivity index (χ0n) is 15.1. The Morgan fingerprint density at radius 2 is 1.96 bits per heavy atom. The summed E-state index contributed by atoms with van der Waals surface area (Å²) in [4.78, 5) is 42.4. The number of anilines is 1. The summed E-state index contributed by atoms with van der Waals surface area (Å²) in [6, 6.07) is 4.75. The number of rotatable bonds is 0. The number of fused-ring (bicyclic) bond motifs is 4. The minimum absolute atomic E-state index is 0.216. The molecule has 0 saturated carbocycles. The smallest absolute Gasteiger partial charge is 0.331 e. The molecule has 2 fully saturated rings. The van der Waals surface area contributed by atoms with Crippen LogP contribution in [0.5, 0.6) is 0 Å². The Labute approximate surface area is 157 Å². The minimum atomic E-state index is -1.32. The fourth-order valence-corrected chi connectivity index (χ4v) is 4.90. The molecule has 0 unspecified atom stereocenters. The third-order valence-electron chi connectivity index (χ3n) is 5.77. The Balaban J connectivity index is 1.91. The molecule has 7 heteroatoms. The topological polar surface area (TPSA) is 69.7 Å². The van der Waals surface area contributed by atoms with E-state index in [0.717, 1.165) is 30.6 Å². The van der Waals surface area contributed by atoms with Crippen molar-refractivity contribution in [2.75, 3.05) is 11.4 Å². The van der Waals surface area contributed by atoms with E-state index in [1.54, 1.807) is 26.8 Å². The quantitative estimate of drug-likeness (QED) is 0.708. The molecule has 3 aliphatic heterocycles. The minimum Gasteiger partial charge on any atom is -0.367 e. The monoisotopic (exact) mass is 375 g/mol. The first-order chi connectivity index (χ1) is 12.2. The molecule has 1 spiro atoms. The van der Waals surface area contributed by atoms with E-state index in [4.69, 9.17) is 11.6 Å². The Morgan fingerprint density at radius 3 is 2.65 bits per heavy atom. The van der Waals surface area contributed by atoms with Crippen molar-refractivity contribution >= 4 is 35.1 Å². The van der Waals surface area contributed by atoms with Gasteiger partial charge in [0.05, 0.1) is 6.04 Å². The summed E-state index contributed by atoms with van der Waals surface area (Å²) in [5, 5.41) is 3.00. The molecule has 1 N–H and O–H groups in total. The number of imide groups is 2. The van der Waals surface area contributed by atoms with Gasteiger partial charge in [0.2, 0.25) is 11.8 Å². The van der Waals surface area contributed by atoms with E-state index in [1.165, 1.54) is 4.90 Å². The maximum atomic E-state index is 13.6. The molecule has 4 rings (SSSR count). The number of barbiturate groups is 1. The highest BCUT2D eigenvalue weighted by molar-refractivity contribution is 6.32. The molecule has 3 heterocycles. The number of carbonyl (C=O) groups excluding carboxylic acids is 3. The second kappa shape index (κ2) is 5.46. The van der Waals surface area contributed by atoms with Crippen LogP contribution in [0, 0.1) is 5.41 Å². The number of hydrogen-bond donors (Lipinski definition) is 1. The van der Waals surface area contributed by atoms with Crippen molar-refractivity contribution in [3.8, 4) is 0 Å². The molecule has 0 bridgehead atoms. The molecule has 1 aromatic carbocycles. The summed E-state index contributed by atoms with van der Waals surface area (Å²) < 4.78 is 0. The van der Waals surface area contributed by atoms with Crippen LogP contribution in [-0.4, -0.2) is 40.9 Å². The first-order valence-electron chi connectivity index (χ1n) is 8.92. The summed E-state index contributed by atoms with van der Waals surface area (Å²) in [6.07, 6.45) is 1.84. The van der Waals surface area contributed by atoms with E-state index in [1.807, 2.05) is 12.1 Å². The van der Waals surface area contributed by atoms with Gasteiger partial charge in [0, 0.05) is 29.2 Å². The molecule has 6 nitrogen and oxygen atoms in total. The van der Waals surface area contributed by atoms with Crippen molar-refractivity contribution in [2.45, 2.75) is 51.6 Å². The Kier molecular flexibility index (Phi) is 3.64. The summed E-state index contributed by atoms with van der Waals surface area (Å²) >= 11 is 6.44. The third kappa shape index (κ3) is 2.14. The summed E-state index contributed by atoms with van der Waals surface area (Å²) in [5.74, 6) is -0.920. The number of nitrogens with zero attached hydrogens (tertiary/aromatic N) is 2. The summed E-state index contributed by atoms with van der Waals surface area (Å²) in [7, 11) is 0. The Morgan fingerprint density at radius 1 is 1.23 bits per heavy atom. The molecular weight excluding hydrogens is 354 g/mol. The number of benzene rings is 1.